The molecule has 0 bridgehead atoms. The first-order valence-corrected chi connectivity index (χ1v) is 6.59. The summed E-state index contributed by atoms with van der Waals surface area (Å²) in [7, 11) is 0. The predicted molar refractivity (Wildman–Crippen MR) is 82.4 cm³/mol. The van der Waals surface area contributed by atoms with E-state index in [2.05, 4.69) is 10.3 Å². The highest BCUT2D eigenvalue weighted by Gasteiger charge is 2.07. The minimum atomic E-state index is 0.153. The third-order valence-corrected chi connectivity index (χ3v) is 2.90. The fraction of sp³-hybridized carbons (Fsp3) is 0.250. The summed E-state index contributed by atoms with van der Waals surface area (Å²) in [6, 6.07) is 7.53. The van der Waals surface area contributed by atoms with E-state index in [-0.39, 0.29) is 11.5 Å². The van der Waals surface area contributed by atoms with E-state index in [0.717, 1.165) is 5.56 Å². The van der Waals surface area contributed by atoms with E-state index in [0.29, 0.717) is 22.6 Å². The van der Waals surface area contributed by atoms with Gasteiger partial charge in [0.15, 0.2) is 0 Å². The van der Waals surface area contributed by atoms with E-state index in [4.69, 9.17) is 5.41 Å². The lowest BCUT2D eigenvalue weighted by molar-refractivity contribution is 0.481. The van der Waals surface area contributed by atoms with Crippen molar-refractivity contribution in [1.82, 2.24) is 10.3 Å². The van der Waals surface area contributed by atoms with Crippen LogP contribution in [0.2, 0.25) is 0 Å². The van der Waals surface area contributed by atoms with Crippen molar-refractivity contribution < 1.29 is 5.11 Å². The van der Waals surface area contributed by atoms with Crippen LogP contribution in [0, 0.1) is 12.3 Å². The molecule has 0 aliphatic rings. The van der Waals surface area contributed by atoms with Gasteiger partial charge in [-0.2, -0.15) is 0 Å². The molecule has 4 nitrogen and oxygen atoms in total. The van der Waals surface area contributed by atoms with Crippen molar-refractivity contribution in [2.75, 3.05) is 0 Å². The Labute approximate surface area is 118 Å². The van der Waals surface area contributed by atoms with E-state index in [9.17, 15) is 5.11 Å². The van der Waals surface area contributed by atoms with Crippen LogP contribution in [0.3, 0.4) is 0 Å². The molecule has 104 valence electrons. The Morgan fingerprint density at radius 1 is 1.35 bits per heavy atom. The minimum Gasteiger partial charge on any atom is -0.507 e. The maximum absolute atomic E-state index is 10.0. The molecule has 0 aliphatic carbocycles. The van der Waals surface area contributed by atoms with Crippen molar-refractivity contribution in [3.05, 3.63) is 47.8 Å². The van der Waals surface area contributed by atoms with Gasteiger partial charge in [-0.3, -0.25) is 5.41 Å². The Kier molecular flexibility index (Phi) is 4.03. The average Bonchev–Trinajstić information content (AvgIpc) is 2.37. The lowest BCUT2D eigenvalue weighted by Crippen LogP contribution is -2.15. The third-order valence-electron chi connectivity index (χ3n) is 2.90. The quantitative estimate of drug-likeness (QED) is 0.747. The van der Waals surface area contributed by atoms with Gasteiger partial charge in [-0.1, -0.05) is 6.07 Å². The summed E-state index contributed by atoms with van der Waals surface area (Å²) in [4.78, 5) is 4.43. The molecule has 1 aromatic heterocycles. The largest absolute Gasteiger partial charge is 0.507 e. The molecule has 0 fully saturated rings. The fourth-order valence-electron chi connectivity index (χ4n) is 1.87. The SMILES string of the molecule is Cc1ccc2c(O)cc(C(=N)/C=C\NC(C)C)nc2c1. The molecule has 1 aromatic carbocycles. The minimum absolute atomic E-state index is 0.153. The van der Waals surface area contributed by atoms with Gasteiger partial charge in [0.05, 0.1) is 16.9 Å². The number of nitrogens with one attached hydrogen (secondary N) is 2. The summed E-state index contributed by atoms with van der Waals surface area (Å²) in [5.74, 6) is 0.153. The van der Waals surface area contributed by atoms with Crippen molar-refractivity contribution >= 4 is 16.6 Å². The normalized spacial score (nSPS) is 11.4. The van der Waals surface area contributed by atoms with Crippen LogP contribution in [0.15, 0.2) is 36.5 Å². The molecule has 0 saturated carbocycles. The summed E-state index contributed by atoms with van der Waals surface area (Å²) in [5, 5.41) is 21.8. The predicted octanol–water partition coefficient (Wildman–Crippen LogP) is 3.13. The number of aromatic nitrogens is 1. The Hall–Kier alpha value is -2.36. The van der Waals surface area contributed by atoms with Crippen LogP contribution in [0.25, 0.3) is 10.9 Å². The summed E-state index contributed by atoms with van der Waals surface area (Å²) < 4.78 is 0. The zero-order valence-electron chi connectivity index (χ0n) is 11.9. The number of benzene rings is 1. The van der Waals surface area contributed by atoms with Crippen molar-refractivity contribution in [2.24, 2.45) is 0 Å². The molecular formula is C16H19N3O. The van der Waals surface area contributed by atoms with Crippen LogP contribution in [0.1, 0.15) is 25.1 Å². The highest BCUT2D eigenvalue weighted by atomic mass is 16.3. The van der Waals surface area contributed by atoms with Gasteiger partial charge in [0.25, 0.3) is 0 Å². The smallest absolute Gasteiger partial charge is 0.127 e. The maximum Gasteiger partial charge on any atom is 0.127 e. The van der Waals surface area contributed by atoms with Crippen LogP contribution in [-0.2, 0) is 0 Å². The molecule has 0 unspecified atom stereocenters. The Bertz CT molecular complexity index is 675. The molecule has 0 saturated heterocycles. The summed E-state index contributed by atoms with van der Waals surface area (Å²) in [6.07, 6.45) is 3.37. The molecule has 2 aromatic rings. The zero-order valence-corrected chi connectivity index (χ0v) is 11.9. The maximum atomic E-state index is 10.0. The van der Waals surface area contributed by atoms with Gasteiger partial charge in [-0.25, -0.2) is 4.98 Å². The standard InChI is InChI=1S/C16H19N3O/c1-10(2)18-7-6-13(17)15-9-16(20)12-5-4-11(3)8-14(12)19-15/h4-10,17-18H,1-3H3,(H,19,20)/b7-6-,17-13?. The number of aromatic hydroxyl groups is 1. The first-order chi connectivity index (χ1) is 9.47. The fourth-order valence-corrected chi connectivity index (χ4v) is 1.87. The first-order valence-electron chi connectivity index (χ1n) is 6.59. The number of allylic oxidation sites excluding steroid dienone is 1. The van der Waals surface area contributed by atoms with E-state index >= 15 is 0 Å². The van der Waals surface area contributed by atoms with Gasteiger partial charge >= 0.3 is 0 Å². The number of fused-ring (bicyclic) bond motifs is 1. The Morgan fingerprint density at radius 2 is 2.10 bits per heavy atom. The molecule has 2 rings (SSSR count). The summed E-state index contributed by atoms with van der Waals surface area (Å²) in [6.45, 7) is 6.02. The van der Waals surface area contributed by atoms with Gasteiger partial charge in [0, 0.05) is 17.5 Å². The number of hydrogen-bond acceptors (Lipinski definition) is 4. The highest BCUT2D eigenvalue weighted by molar-refractivity contribution is 6.06. The highest BCUT2D eigenvalue weighted by Crippen LogP contribution is 2.25. The molecule has 20 heavy (non-hydrogen) atoms. The number of nitrogens with zero attached hydrogens (tertiary/aromatic N) is 1. The van der Waals surface area contributed by atoms with E-state index in [1.54, 1.807) is 12.3 Å². The van der Waals surface area contributed by atoms with Crippen molar-refractivity contribution in [1.29, 1.82) is 5.41 Å². The molecule has 1 heterocycles. The van der Waals surface area contributed by atoms with Crippen molar-refractivity contribution in [3.63, 3.8) is 0 Å². The van der Waals surface area contributed by atoms with Gasteiger partial charge in [-0.05, 0) is 50.7 Å². The summed E-state index contributed by atoms with van der Waals surface area (Å²) in [5.41, 5.74) is 2.50. The number of pyridine rings is 1. The van der Waals surface area contributed by atoms with Gasteiger partial charge in [0.1, 0.15) is 5.75 Å². The third kappa shape index (κ3) is 3.15. The molecule has 0 aliphatic heterocycles. The Balaban J connectivity index is 2.35. The second-order valence-electron chi connectivity index (χ2n) is 5.12. The van der Waals surface area contributed by atoms with Crippen LogP contribution in [-0.4, -0.2) is 21.8 Å². The van der Waals surface area contributed by atoms with E-state index in [1.807, 2.05) is 39.0 Å². The second kappa shape index (κ2) is 5.74. The molecule has 0 atom stereocenters. The number of hydrogen-bond donors (Lipinski definition) is 3. The molecule has 3 N–H and O–H groups in total. The molecule has 0 amide bonds. The second-order valence-corrected chi connectivity index (χ2v) is 5.12. The monoisotopic (exact) mass is 269 g/mol. The molecular weight excluding hydrogens is 250 g/mol. The zero-order chi connectivity index (χ0) is 14.7. The van der Waals surface area contributed by atoms with Crippen LogP contribution >= 0.6 is 0 Å². The number of rotatable bonds is 4. The van der Waals surface area contributed by atoms with Gasteiger partial charge < -0.3 is 10.4 Å². The van der Waals surface area contributed by atoms with Crippen LogP contribution in [0.4, 0.5) is 0 Å². The van der Waals surface area contributed by atoms with E-state index < -0.39 is 0 Å². The average molecular weight is 269 g/mol. The first kappa shape index (κ1) is 14.1. The Morgan fingerprint density at radius 3 is 2.80 bits per heavy atom. The van der Waals surface area contributed by atoms with E-state index in [1.165, 1.54) is 6.07 Å². The lowest BCUT2D eigenvalue weighted by atomic mass is 10.1. The van der Waals surface area contributed by atoms with Crippen LogP contribution in [0.5, 0.6) is 5.75 Å². The lowest BCUT2D eigenvalue weighted by Gasteiger charge is -2.06. The van der Waals surface area contributed by atoms with Gasteiger partial charge in [-0.15, -0.1) is 0 Å². The number of aryl methyl sites for hydroxylation is 1. The summed E-state index contributed by atoms with van der Waals surface area (Å²) >= 11 is 0. The van der Waals surface area contributed by atoms with Crippen LogP contribution < -0.4 is 5.32 Å². The topological polar surface area (TPSA) is 69.0 Å². The molecule has 4 heteroatoms. The van der Waals surface area contributed by atoms with Crippen molar-refractivity contribution in [2.45, 2.75) is 26.8 Å². The van der Waals surface area contributed by atoms with Crippen molar-refractivity contribution in [3.8, 4) is 5.75 Å². The molecule has 0 spiro atoms. The molecule has 0 radical (unpaired) electrons. The van der Waals surface area contributed by atoms with Gasteiger partial charge in [0.2, 0.25) is 0 Å².